The molecular formula is C26H29F4N3O3. The number of hydrogen-bond donors (Lipinski definition) is 2. The molecule has 1 saturated carbocycles. The van der Waals surface area contributed by atoms with Gasteiger partial charge in [-0.1, -0.05) is 19.6 Å². The van der Waals surface area contributed by atoms with Crippen molar-refractivity contribution >= 4 is 18.3 Å². The highest BCUT2D eigenvalue weighted by Crippen LogP contribution is 2.54. The first kappa shape index (κ1) is 28.6. The molecule has 1 fully saturated rings. The van der Waals surface area contributed by atoms with Crippen molar-refractivity contribution in [1.29, 1.82) is 0 Å². The summed E-state index contributed by atoms with van der Waals surface area (Å²) < 4.78 is 62.6. The summed E-state index contributed by atoms with van der Waals surface area (Å²) in [5.74, 6) is -2.47. The van der Waals surface area contributed by atoms with Crippen LogP contribution in [0.4, 0.5) is 23.2 Å². The van der Waals surface area contributed by atoms with Gasteiger partial charge in [0.2, 0.25) is 6.41 Å². The maximum absolute atomic E-state index is 13.6. The normalized spacial score (nSPS) is 19.1. The lowest BCUT2D eigenvalue weighted by Gasteiger charge is -2.20. The Bertz CT molecular complexity index is 1150. The number of rotatable bonds is 10. The molecule has 0 radical (unpaired) electrons. The molecule has 0 spiro atoms. The number of halogens is 4. The summed E-state index contributed by atoms with van der Waals surface area (Å²) in [4.78, 5) is 14.0. The Balaban J connectivity index is 0.000000346. The monoisotopic (exact) mass is 507 g/mol. The van der Waals surface area contributed by atoms with E-state index >= 15 is 0 Å². The number of amides is 1. The van der Waals surface area contributed by atoms with E-state index in [1.165, 1.54) is 19.4 Å². The van der Waals surface area contributed by atoms with Crippen molar-refractivity contribution in [1.82, 2.24) is 0 Å². The van der Waals surface area contributed by atoms with Crippen LogP contribution in [0.25, 0.3) is 0 Å². The second-order valence-corrected chi connectivity index (χ2v) is 8.38. The van der Waals surface area contributed by atoms with E-state index in [0.29, 0.717) is 42.2 Å². The molecule has 0 heterocycles. The quantitative estimate of drug-likeness (QED) is 0.200. The van der Waals surface area contributed by atoms with Crippen LogP contribution >= 0.6 is 0 Å². The van der Waals surface area contributed by atoms with Crippen LogP contribution in [0.3, 0.4) is 0 Å². The minimum Gasteiger partial charge on any atom is -0.489 e. The van der Waals surface area contributed by atoms with Crippen LogP contribution in [-0.2, 0) is 19.7 Å². The number of aliphatic imine (C=N–C) groups is 1. The van der Waals surface area contributed by atoms with E-state index in [2.05, 4.69) is 23.8 Å². The maximum Gasteiger partial charge on any atom is 0.211 e. The molecule has 0 bridgehead atoms. The summed E-state index contributed by atoms with van der Waals surface area (Å²) >= 11 is 0. The number of ether oxygens (including phenoxy) is 2. The predicted octanol–water partition coefficient (Wildman–Crippen LogP) is 5.21. The fourth-order valence-electron chi connectivity index (χ4n) is 3.47. The Hall–Kier alpha value is -3.66. The molecule has 0 aliphatic heterocycles. The van der Waals surface area contributed by atoms with E-state index in [0.717, 1.165) is 30.2 Å². The van der Waals surface area contributed by atoms with Gasteiger partial charge in [0.25, 0.3) is 0 Å². The summed E-state index contributed by atoms with van der Waals surface area (Å²) in [5, 5.41) is 2.08. The lowest BCUT2D eigenvalue weighted by atomic mass is 9.94. The lowest BCUT2D eigenvalue weighted by Crippen LogP contribution is -2.21. The van der Waals surface area contributed by atoms with Crippen molar-refractivity contribution in [3.8, 4) is 0 Å². The third kappa shape index (κ3) is 7.67. The van der Waals surface area contributed by atoms with Gasteiger partial charge in [-0.3, -0.25) is 9.79 Å². The van der Waals surface area contributed by atoms with E-state index < -0.39 is 23.3 Å². The molecule has 2 atom stereocenters. The minimum atomic E-state index is -0.855. The lowest BCUT2D eigenvalue weighted by molar-refractivity contribution is -0.105. The Labute approximate surface area is 207 Å². The number of allylic oxidation sites excluding steroid dienone is 2. The first-order chi connectivity index (χ1) is 17.0. The van der Waals surface area contributed by atoms with Crippen molar-refractivity contribution in [3.63, 3.8) is 0 Å². The SMILES string of the molecule is C=C(C)N=C/C(OC[C@@]1(c2ccc(F)c(F)c2)CC1C)=C(\N)COC.O=CNc1ccc(F)cc1F. The first-order valence-corrected chi connectivity index (χ1v) is 10.9. The van der Waals surface area contributed by atoms with Crippen LogP contribution in [0, 0.1) is 29.2 Å². The zero-order chi connectivity index (χ0) is 26.9. The van der Waals surface area contributed by atoms with Crippen molar-refractivity contribution in [3.05, 3.63) is 89.0 Å². The summed E-state index contributed by atoms with van der Waals surface area (Å²) in [7, 11) is 1.53. The highest BCUT2D eigenvalue weighted by atomic mass is 19.2. The molecule has 36 heavy (non-hydrogen) atoms. The maximum atomic E-state index is 13.6. The number of hydrogen-bond acceptors (Lipinski definition) is 5. The molecule has 1 unspecified atom stereocenters. The zero-order valence-electron chi connectivity index (χ0n) is 20.3. The van der Waals surface area contributed by atoms with Gasteiger partial charge in [-0.05, 0) is 49.1 Å². The Morgan fingerprint density at radius 2 is 1.89 bits per heavy atom. The van der Waals surface area contributed by atoms with Gasteiger partial charge in [-0.15, -0.1) is 0 Å². The molecule has 3 rings (SSSR count). The van der Waals surface area contributed by atoms with Crippen LogP contribution < -0.4 is 11.1 Å². The molecule has 2 aromatic rings. The van der Waals surface area contributed by atoms with E-state index in [4.69, 9.17) is 15.2 Å². The number of nitrogens with two attached hydrogens (primary N) is 1. The second-order valence-electron chi connectivity index (χ2n) is 8.38. The fraction of sp³-hybridized carbons (Fsp3) is 0.308. The van der Waals surface area contributed by atoms with E-state index in [1.54, 1.807) is 13.0 Å². The standard InChI is InChI=1S/C19H24F2N2O2.C7H5F2NO/c1-12(2)23-9-18(17(22)10-24-4)25-11-19(8-13(19)3)14-5-6-15(20)16(21)7-14;8-5-1-2-7(10-4-11)6(9)3-5/h5-7,9,13H,1,8,10-11,22H2,2-4H3;1-4H,(H,10,11)/b18-17+,23-9?;/t13?,19-;/m0./s1. The molecule has 6 nitrogen and oxygen atoms in total. The Kier molecular flexibility index (Phi) is 10.2. The fourth-order valence-corrected chi connectivity index (χ4v) is 3.47. The Morgan fingerprint density at radius 1 is 1.19 bits per heavy atom. The first-order valence-electron chi connectivity index (χ1n) is 10.9. The van der Waals surface area contributed by atoms with Gasteiger partial charge < -0.3 is 20.5 Å². The molecule has 1 amide bonds. The molecular weight excluding hydrogens is 478 g/mol. The van der Waals surface area contributed by atoms with Crippen molar-refractivity contribution in [2.75, 3.05) is 25.6 Å². The van der Waals surface area contributed by atoms with Gasteiger partial charge in [0.05, 0.1) is 30.8 Å². The molecule has 0 aromatic heterocycles. The van der Waals surface area contributed by atoms with Gasteiger partial charge in [0, 0.05) is 24.3 Å². The average molecular weight is 508 g/mol. The molecule has 3 N–H and O–H groups in total. The number of nitrogens with zero attached hydrogens (tertiary/aromatic N) is 1. The number of benzene rings is 2. The number of carbonyl (C=O) groups is 1. The Morgan fingerprint density at radius 3 is 2.42 bits per heavy atom. The van der Waals surface area contributed by atoms with Crippen LogP contribution in [0.15, 0.2) is 65.1 Å². The third-order valence-corrected chi connectivity index (χ3v) is 5.60. The predicted molar refractivity (Wildman–Crippen MR) is 130 cm³/mol. The van der Waals surface area contributed by atoms with E-state index in [1.807, 2.05) is 0 Å². The number of methoxy groups -OCH3 is 1. The highest BCUT2D eigenvalue weighted by Gasteiger charge is 2.53. The largest absolute Gasteiger partial charge is 0.489 e. The smallest absolute Gasteiger partial charge is 0.211 e. The van der Waals surface area contributed by atoms with Gasteiger partial charge in [-0.2, -0.15) is 0 Å². The molecule has 10 heteroatoms. The van der Waals surface area contributed by atoms with Gasteiger partial charge in [0.15, 0.2) is 17.4 Å². The summed E-state index contributed by atoms with van der Waals surface area (Å²) in [6.07, 6.45) is 2.66. The van der Waals surface area contributed by atoms with E-state index in [-0.39, 0.29) is 17.7 Å². The van der Waals surface area contributed by atoms with Crippen LogP contribution in [0.5, 0.6) is 0 Å². The molecule has 1 aliphatic rings. The van der Waals surface area contributed by atoms with Crippen LogP contribution in [-0.4, -0.2) is 32.9 Å². The van der Waals surface area contributed by atoms with Crippen LogP contribution in [0.2, 0.25) is 0 Å². The average Bonchev–Trinajstić information content (AvgIpc) is 3.48. The summed E-state index contributed by atoms with van der Waals surface area (Å²) in [6, 6.07) is 6.91. The molecule has 194 valence electrons. The summed E-state index contributed by atoms with van der Waals surface area (Å²) in [6.45, 7) is 8.00. The minimum absolute atomic E-state index is 0.0265. The van der Waals surface area contributed by atoms with E-state index in [9.17, 15) is 22.4 Å². The molecule has 2 aromatic carbocycles. The topological polar surface area (TPSA) is 85.9 Å². The van der Waals surface area contributed by atoms with Gasteiger partial charge in [-0.25, -0.2) is 17.6 Å². The second kappa shape index (κ2) is 12.9. The number of anilines is 1. The van der Waals surface area contributed by atoms with Gasteiger partial charge >= 0.3 is 0 Å². The molecule has 0 saturated heterocycles. The number of nitrogens with one attached hydrogen (secondary N) is 1. The molecule has 1 aliphatic carbocycles. The highest BCUT2D eigenvalue weighted by molar-refractivity contribution is 5.77. The van der Waals surface area contributed by atoms with Crippen molar-refractivity contribution in [2.45, 2.75) is 25.7 Å². The third-order valence-electron chi connectivity index (χ3n) is 5.60. The van der Waals surface area contributed by atoms with Crippen molar-refractivity contribution in [2.24, 2.45) is 16.6 Å². The van der Waals surface area contributed by atoms with Gasteiger partial charge in [0.1, 0.15) is 11.6 Å². The van der Waals surface area contributed by atoms with Crippen LogP contribution in [0.1, 0.15) is 25.8 Å². The zero-order valence-corrected chi connectivity index (χ0v) is 20.3. The van der Waals surface area contributed by atoms with Crippen molar-refractivity contribution < 1.29 is 31.8 Å². The number of carbonyl (C=O) groups excluding carboxylic acids is 1. The summed E-state index contributed by atoms with van der Waals surface area (Å²) in [5.41, 5.74) is 7.34.